The van der Waals surface area contributed by atoms with E-state index in [9.17, 15) is 8.78 Å². The maximum absolute atomic E-state index is 13.0. The fraction of sp³-hybridized carbons (Fsp3) is 0.250. The van der Waals surface area contributed by atoms with Crippen LogP contribution in [0.2, 0.25) is 5.02 Å². The summed E-state index contributed by atoms with van der Waals surface area (Å²) in [7, 11) is 0. The lowest BCUT2D eigenvalue weighted by Crippen LogP contribution is -2.07. The van der Waals surface area contributed by atoms with Crippen LogP contribution < -0.4 is 5.73 Å². The smallest absolute Gasteiger partial charge is 0.142 e. The first-order chi connectivity index (χ1) is 5.52. The molecule has 0 spiro atoms. The fourth-order valence-corrected chi connectivity index (χ4v) is 1.04. The molecule has 0 radical (unpaired) electrons. The minimum absolute atomic E-state index is 0.136. The van der Waals surface area contributed by atoms with Crippen LogP contribution in [0.15, 0.2) is 12.1 Å². The predicted molar refractivity (Wildman–Crippen MR) is 44.0 cm³/mol. The van der Waals surface area contributed by atoms with E-state index in [4.69, 9.17) is 17.3 Å². The molecule has 1 unspecified atom stereocenters. The molecular weight excluding hydrogens is 184 g/mol. The Morgan fingerprint density at radius 2 is 1.92 bits per heavy atom. The topological polar surface area (TPSA) is 26.0 Å². The van der Waals surface area contributed by atoms with Crippen LogP contribution in [0.25, 0.3) is 0 Å². The van der Waals surface area contributed by atoms with Crippen LogP contribution in [0.4, 0.5) is 8.78 Å². The average molecular weight is 192 g/mol. The average Bonchev–Trinajstić information content (AvgIpc) is 1.96. The first kappa shape index (κ1) is 9.42. The molecular formula is C8H8ClF2N. The molecule has 4 heteroatoms. The normalized spacial score (nSPS) is 13.1. The Morgan fingerprint density at radius 3 is 2.42 bits per heavy atom. The van der Waals surface area contributed by atoms with Crippen molar-refractivity contribution in [3.63, 3.8) is 0 Å². The molecule has 0 bridgehead atoms. The summed E-state index contributed by atoms with van der Waals surface area (Å²) in [6, 6.07) is 1.41. The molecule has 1 nitrogen and oxygen atoms in total. The van der Waals surface area contributed by atoms with Crippen molar-refractivity contribution in [3.05, 3.63) is 34.4 Å². The van der Waals surface area contributed by atoms with Gasteiger partial charge in [-0.2, -0.15) is 0 Å². The predicted octanol–water partition coefficient (Wildman–Crippen LogP) is 2.64. The lowest BCUT2D eigenvalue weighted by molar-refractivity contribution is 0.572. The monoisotopic (exact) mass is 191 g/mol. The maximum atomic E-state index is 13.0. The molecule has 0 aliphatic carbocycles. The lowest BCUT2D eigenvalue weighted by Gasteiger charge is -2.07. The quantitative estimate of drug-likeness (QED) is 0.679. The molecule has 12 heavy (non-hydrogen) atoms. The van der Waals surface area contributed by atoms with Gasteiger partial charge in [0.1, 0.15) is 11.6 Å². The largest absolute Gasteiger partial charge is 0.324 e. The van der Waals surface area contributed by atoms with Crippen LogP contribution in [0.3, 0.4) is 0 Å². The Morgan fingerprint density at radius 1 is 1.33 bits per heavy atom. The van der Waals surface area contributed by atoms with Crippen molar-refractivity contribution in [3.8, 4) is 0 Å². The van der Waals surface area contributed by atoms with E-state index in [0.29, 0.717) is 0 Å². The molecule has 1 rings (SSSR count). The Labute approximate surface area is 74.1 Å². The van der Waals surface area contributed by atoms with E-state index < -0.39 is 17.7 Å². The van der Waals surface area contributed by atoms with Crippen molar-refractivity contribution >= 4 is 11.6 Å². The third-order valence-corrected chi connectivity index (χ3v) is 1.82. The molecule has 2 N–H and O–H groups in total. The van der Waals surface area contributed by atoms with Gasteiger partial charge in [-0.3, -0.25) is 0 Å². The van der Waals surface area contributed by atoms with Crippen molar-refractivity contribution in [2.45, 2.75) is 13.0 Å². The summed E-state index contributed by atoms with van der Waals surface area (Å²) >= 11 is 5.33. The van der Waals surface area contributed by atoms with Gasteiger partial charge in [0.25, 0.3) is 0 Å². The highest BCUT2D eigenvalue weighted by Gasteiger charge is 2.10. The molecule has 66 valence electrons. The third-order valence-electron chi connectivity index (χ3n) is 1.53. The van der Waals surface area contributed by atoms with Crippen molar-refractivity contribution in [1.29, 1.82) is 0 Å². The lowest BCUT2D eigenvalue weighted by atomic mass is 10.1. The van der Waals surface area contributed by atoms with Gasteiger partial charge in [-0.25, -0.2) is 8.78 Å². The Balaban J connectivity index is 3.23. The van der Waals surface area contributed by atoms with E-state index in [2.05, 4.69) is 0 Å². The molecule has 0 amide bonds. The Kier molecular flexibility index (Phi) is 2.65. The molecule has 0 saturated carbocycles. The highest BCUT2D eigenvalue weighted by Crippen LogP contribution is 2.22. The molecule has 0 fully saturated rings. The standard InChI is InChI=1S/C8H8ClF2N/c1-4(12)5-2-8(11)6(9)3-7(5)10/h2-4H,12H2,1H3. The molecule has 0 aromatic heterocycles. The molecule has 1 aromatic carbocycles. The number of nitrogens with two attached hydrogens (primary N) is 1. The first-order valence-electron chi connectivity index (χ1n) is 3.42. The zero-order valence-electron chi connectivity index (χ0n) is 6.44. The van der Waals surface area contributed by atoms with Gasteiger partial charge in [-0.15, -0.1) is 0 Å². The number of hydrogen-bond donors (Lipinski definition) is 1. The van der Waals surface area contributed by atoms with E-state index in [-0.39, 0.29) is 10.6 Å². The minimum atomic E-state index is -0.648. The van der Waals surface area contributed by atoms with Gasteiger partial charge >= 0.3 is 0 Å². The van der Waals surface area contributed by atoms with Gasteiger partial charge < -0.3 is 5.73 Å². The highest BCUT2D eigenvalue weighted by atomic mass is 35.5. The minimum Gasteiger partial charge on any atom is -0.324 e. The molecule has 1 aromatic rings. The maximum Gasteiger partial charge on any atom is 0.142 e. The van der Waals surface area contributed by atoms with E-state index in [0.717, 1.165) is 12.1 Å². The van der Waals surface area contributed by atoms with Gasteiger partial charge in [0.2, 0.25) is 0 Å². The summed E-state index contributed by atoms with van der Waals surface area (Å²) < 4.78 is 25.7. The van der Waals surface area contributed by atoms with Gasteiger partial charge in [0.15, 0.2) is 0 Å². The molecule has 0 aliphatic heterocycles. The van der Waals surface area contributed by atoms with Gasteiger partial charge in [-0.05, 0) is 19.1 Å². The van der Waals surface area contributed by atoms with Crippen LogP contribution >= 0.6 is 11.6 Å². The summed E-state index contributed by atoms with van der Waals surface area (Å²) in [6.07, 6.45) is 0. The number of benzene rings is 1. The zero-order chi connectivity index (χ0) is 9.30. The zero-order valence-corrected chi connectivity index (χ0v) is 7.20. The molecule has 0 saturated heterocycles. The van der Waals surface area contributed by atoms with Crippen LogP contribution in [0.1, 0.15) is 18.5 Å². The molecule has 1 atom stereocenters. The summed E-state index contributed by atoms with van der Waals surface area (Å²) in [5, 5.41) is -0.225. The molecule has 0 aliphatic rings. The molecule has 0 heterocycles. The van der Waals surface area contributed by atoms with E-state index >= 15 is 0 Å². The number of hydrogen-bond acceptors (Lipinski definition) is 1. The van der Waals surface area contributed by atoms with E-state index in [1.54, 1.807) is 6.92 Å². The summed E-state index contributed by atoms with van der Waals surface area (Å²) in [5.41, 5.74) is 5.52. The van der Waals surface area contributed by atoms with Crippen molar-refractivity contribution in [1.82, 2.24) is 0 Å². The number of halogens is 3. The Hall–Kier alpha value is -0.670. The van der Waals surface area contributed by atoms with Crippen LogP contribution in [-0.4, -0.2) is 0 Å². The number of rotatable bonds is 1. The third kappa shape index (κ3) is 1.73. The second-order valence-corrected chi connectivity index (χ2v) is 2.98. The summed E-state index contributed by atoms with van der Waals surface area (Å²) in [4.78, 5) is 0. The summed E-state index contributed by atoms with van der Waals surface area (Å²) in [6.45, 7) is 1.58. The van der Waals surface area contributed by atoms with Crippen LogP contribution in [0.5, 0.6) is 0 Å². The van der Waals surface area contributed by atoms with Crippen molar-refractivity contribution in [2.75, 3.05) is 0 Å². The SMILES string of the molecule is CC(N)c1cc(F)c(Cl)cc1F. The van der Waals surface area contributed by atoms with E-state index in [1.807, 2.05) is 0 Å². The van der Waals surface area contributed by atoms with Crippen molar-refractivity contribution in [2.24, 2.45) is 5.73 Å². The fourth-order valence-electron chi connectivity index (χ4n) is 0.887. The van der Waals surface area contributed by atoms with Gasteiger partial charge in [-0.1, -0.05) is 11.6 Å². The Bertz CT molecular complexity index is 299. The second-order valence-electron chi connectivity index (χ2n) is 2.58. The van der Waals surface area contributed by atoms with Gasteiger partial charge in [0, 0.05) is 11.6 Å². The van der Waals surface area contributed by atoms with E-state index in [1.165, 1.54) is 0 Å². The second kappa shape index (κ2) is 3.37. The van der Waals surface area contributed by atoms with Gasteiger partial charge in [0.05, 0.1) is 5.02 Å². The highest BCUT2D eigenvalue weighted by molar-refractivity contribution is 6.30. The van der Waals surface area contributed by atoms with Crippen LogP contribution in [0, 0.1) is 11.6 Å². The first-order valence-corrected chi connectivity index (χ1v) is 3.80. The summed E-state index contributed by atoms with van der Waals surface area (Å²) in [5.74, 6) is -1.22. The van der Waals surface area contributed by atoms with Crippen LogP contribution in [-0.2, 0) is 0 Å². The van der Waals surface area contributed by atoms with Crippen molar-refractivity contribution < 1.29 is 8.78 Å².